The summed E-state index contributed by atoms with van der Waals surface area (Å²) in [6, 6.07) is 18.2. The Morgan fingerprint density at radius 3 is 1.81 bits per heavy atom. The van der Waals surface area contributed by atoms with Crippen molar-refractivity contribution in [3.63, 3.8) is 0 Å². The van der Waals surface area contributed by atoms with Crippen LogP contribution in [0.1, 0.15) is 31.9 Å². The monoisotopic (exact) mass is 390 g/mol. The maximum atomic E-state index is 4.30. The Bertz CT molecular complexity index is 921. The fourth-order valence-electron chi connectivity index (χ4n) is 4.64. The minimum absolute atomic E-state index is 0.323. The Labute approximate surface area is 166 Å². The van der Waals surface area contributed by atoms with Gasteiger partial charge in [-0.2, -0.15) is 0 Å². The van der Waals surface area contributed by atoms with Gasteiger partial charge in [0.1, 0.15) is 0 Å². The lowest BCUT2D eigenvalue weighted by molar-refractivity contribution is 0.959. The Kier molecular flexibility index (Phi) is 5.50. The van der Waals surface area contributed by atoms with Crippen LogP contribution in [0.5, 0.6) is 0 Å². The van der Waals surface area contributed by atoms with Gasteiger partial charge in [-0.1, -0.05) is 87.2 Å². The summed E-state index contributed by atoms with van der Waals surface area (Å²) >= 11 is 0. The smallest absolute Gasteiger partial charge is 0.0116 e. The second-order valence-corrected chi connectivity index (χ2v) is 12.7. The predicted octanol–water partition coefficient (Wildman–Crippen LogP) is 6.46. The van der Waals surface area contributed by atoms with Gasteiger partial charge in [-0.15, -0.1) is 0 Å². The molecule has 0 aliphatic carbocycles. The lowest BCUT2D eigenvalue weighted by Crippen LogP contribution is -2.08. The molecule has 2 aromatic rings. The van der Waals surface area contributed by atoms with Crippen LogP contribution < -0.4 is 10.6 Å². The van der Waals surface area contributed by atoms with E-state index in [2.05, 4.69) is 94.1 Å². The van der Waals surface area contributed by atoms with Crippen LogP contribution in [-0.2, 0) is 12.8 Å². The van der Waals surface area contributed by atoms with Crippen LogP contribution in [0.3, 0.4) is 0 Å². The second kappa shape index (κ2) is 7.87. The van der Waals surface area contributed by atoms with Gasteiger partial charge in [-0.3, -0.25) is 0 Å². The third-order valence-electron chi connectivity index (χ3n) is 5.71. The molecule has 4 atom stereocenters. The van der Waals surface area contributed by atoms with E-state index in [1.165, 1.54) is 18.2 Å². The van der Waals surface area contributed by atoms with Crippen molar-refractivity contribution in [1.82, 2.24) is 0 Å². The van der Waals surface area contributed by atoms with E-state index in [0.29, 0.717) is 11.3 Å². The summed E-state index contributed by atoms with van der Waals surface area (Å²) in [7, 11) is -0.658. The van der Waals surface area contributed by atoms with Gasteiger partial charge in [0.25, 0.3) is 0 Å². The summed E-state index contributed by atoms with van der Waals surface area (Å²) in [5.74, 6) is 0. The predicted molar refractivity (Wildman–Crippen MR) is 124 cm³/mol. The largest absolute Gasteiger partial charge is 0.0984 e. The number of rotatable bonds is 4. The number of hydrogen-bond acceptors (Lipinski definition) is 0. The molecule has 4 rings (SSSR count). The number of fused-ring (bicyclic) bond motifs is 2. The molecule has 0 fully saturated rings. The molecule has 27 heavy (non-hydrogen) atoms. The van der Waals surface area contributed by atoms with Crippen LogP contribution >= 0.6 is 15.8 Å². The Balaban J connectivity index is 1.89. The van der Waals surface area contributed by atoms with Gasteiger partial charge in [0, 0.05) is 0 Å². The van der Waals surface area contributed by atoms with Crippen molar-refractivity contribution in [2.24, 2.45) is 0 Å². The number of hydrogen-bond donors (Lipinski definition) is 0. The van der Waals surface area contributed by atoms with E-state index >= 15 is 0 Å². The first kappa shape index (κ1) is 18.9. The molecule has 0 amide bonds. The van der Waals surface area contributed by atoms with Crippen molar-refractivity contribution in [3.05, 3.63) is 95.1 Å². The molecule has 2 aliphatic rings. The lowest BCUT2D eigenvalue weighted by atomic mass is 10.1. The topological polar surface area (TPSA) is 0 Å². The molecular weight excluding hydrogens is 362 g/mol. The molecule has 0 bridgehead atoms. The van der Waals surface area contributed by atoms with Gasteiger partial charge in [-0.25, -0.2) is 0 Å². The van der Waals surface area contributed by atoms with E-state index in [1.54, 1.807) is 27.1 Å². The molecule has 138 valence electrons. The molecule has 0 nitrogen and oxygen atoms in total. The molecule has 0 N–H and O–H groups in total. The quantitative estimate of drug-likeness (QED) is 0.415. The highest BCUT2D eigenvalue weighted by molar-refractivity contribution is 7.75. The van der Waals surface area contributed by atoms with E-state index in [1.807, 2.05) is 0 Å². The third kappa shape index (κ3) is 3.29. The van der Waals surface area contributed by atoms with Crippen molar-refractivity contribution < 1.29 is 0 Å². The first-order valence-electron chi connectivity index (χ1n) is 9.89. The van der Waals surface area contributed by atoms with Crippen molar-refractivity contribution in [3.8, 4) is 0 Å². The zero-order valence-corrected chi connectivity index (χ0v) is 18.3. The van der Waals surface area contributed by atoms with Gasteiger partial charge in [-0.05, 0) is 79.3 Å². The maximum absolute atomic E-state index is 4.30. The number of benzene rings is 2. The summed E-state index contributed by atoms with van der Waals surface area (Å²) in [5.41, 5.74) is 4.48. The van der Waals surface area contributed by atoms with E-state index < -0.39 is 0 Å². The van der Waals surface area contributed by atoms with Crippen molar-refractivity contribution in [2.75, 3.05) is 0 Å². The van der Waals surface area contributed by atoms with Gasteiger partial charge >= 0.3 is 0 Å². The normalized spacial score (nSPS) is 27.4. The zero-order valence-electron chi connectivity index (χ0n) is 16.5. The summed E-state index contributed by atoms with van der Waals surface area (Å²) in [6.45, 7) is 11.3. The molecule has 0 aromatic heterocycles. The van der Waals surface area contributed by atoms with Crippen LogP contribution in [0.15, 0.2) is 84.0 Å². The average Bonchev–Trinajstić information content (AvgIpc) is 3.17. The van der Waals surface area contributed by atoms with Gasteiger partial charge in [0.15, 0.2) is 0 Å². The molecule has 2 aliphatic heterocycles. The fraction of sp³-hybridized carbons (Fsp3) is 0.280. The van der Waals surface area contributed by atoms with E-state index in [9.17, 15) is 0 Å². The van der Waals surface area contributed by atoms with Crippen LogP contribution in [0.4, 0.5) is 0 Å². The Hall–Kier alpha value is -1.48. The average molecular weight is 390 g/mol. The van der Waals surface area contributed by atoms with Crippen molar-refractivity contribution in [1.29, 1.82) is 0 Å². The van der Waals surface area contributed by atoms with Crippen molar-refractivity contribution in [2.45, 2.75) is 44.9 Å². The highest BCUT2D eigenvalue weighted by Crippen LogP contribution is 2.63. The van der Waals surface area contributed by atoms with Crippen LogP contribution in [-0.4, -0.2) is 11.3 Å². The summed E-state index contributed by atoms with van der Waals surface area (Å²) in [5, 5.41) is 6.25. The molecule has 2 heteroatoms. The zero-order chi connectivity index (χ0) is 19.0. The first-order valence-corrected chi connectivity index (χ1v) is 12.7. The molecule has 0 spiro atoms. The molecule has 0 radical (unpaired) electrons. The standard InChI is InChI=1S/C25H28P2/c1-5-11-25(27-19(4)17-21-13-8-10-15-24(21)27)22(6-2)26-18(3)16-20-12-7-9-14-23(20)26/h5-15,18-19H,2,16-17H2,1,3-4H3/b11-5-,25-22-/t18-,19-,26?,27?/m1/s1. The maximum Gasteiger partial charge on any atom is -0.0116 e. The Morgan fingerprint density at radius 1 is 0.852 bits per heavy atom. The van der Waals surface area contributed by atoms with E-state index in [0.717, 1.165) is 0 Å². The van der Waals surface area contributed by atoms with Gasteiger partial charge < -0.3 is 0 Å². The molecule has 2 aromatic carbocycles. The summed E-state index contributed by atoms with van der Waals surface area (Å²) in [6.07, 6.45) is 9.23. The van der Waals surface area contributed by atoms with E-state index in [4.69, 9.17) is 0 Å². The first-order chi connectivity index (χ1) is 13.2. The van der Waals surface area contributed by atoms with Gasteiger partial charge in [0.05, 0.1) is 0 Å². The van der Waals surface area contributed by atoms with Crippen LogP contribution in [0.2, 0.25) is 0 Å². The van der Waals surface area contributed by atoms with Crippen LogP contribution in [0.25, 0.3) is 0 Å². The van der Waals surface area contributed by atoms with Gasteiger partial charge in [0.2, 0.25) is 0 Å². The summed E-state index contributed by atoms with van der Waals surface area (Å²) < 4.78 is 0. The van der Waals surface area contributed by atoms with E-state index in [-0.39, 0.29) is 15.8 Å². The minimum atomic E-state index is -0.335. The minimum Gasteiger partial charge on any atom is -0.0984 e. The fourth-order valence-corrected chi connectivity index (χ4v) is 11.1. The SMILES string of the molecule is C=C/C(=C(\C=C/C)P1c2ccccc2C[C@H]1C)P1c2ccccc2C[C@H]1C. The third-order valence-corrected chi connectivity index (χ3v) is 11.8. The second-order valence-electron chi connectivity index (χ2n) is 7.58. The van der Waals surface area contributed by atoms with Crippen molar-refractivity contribution >= 4 is 26.5 Å². The molecule has 2 heterocycles. The molecule has 0 saturated carbocycles. The highest BCUT2D eigenvalue weighted by atomic mass is 31.1. The number of allylic oxidation sites excluding steroid dienone is 5. The Morgan fingerprint density at radius 2 is 1.33 bits per heavy atom. The summed E-state index contributed by atoms with van der Waals surface area (Å²) in [4.78, 5) is 0. The van der Waals surface area contributed by atoms with Crippen LogP contribution in [0, 0.1) is 0 Å². The lowest BCUT2D eigenvalue weighted by Gasteiger charge is -2.27. The molecule has 2 unspecified atom stereocenters. The molecule has 0 saturated heterocycles. The molecular formula is C25H28P2. The highest BCUT2D eigenvalue weighted by Gasteiger charge is 2.36.